The molecule has 0 radical (unpaired) electrons. The van der Waals surface area contributed by atoms with Crippen LogP contribution >= 0.6 is 11.3 Å². The van der Waals surface area contributed by atoms with E-state index in [-0.39, 0.29) is 30.8 Å². The van der Waals surface area contributed by atoms with Gasteiger partial charge in [-0.2, -0.15) is 0 Å². The third-order valence-corrected chi connectivity index (χ3v) is 7.16. The second-order valence-electron chi connectivity index (χ2n) is 8.58. The molecule has 2 aliphatic heterocycles. The summed E-state index contributed by atoms with van der Waals surface area (Å²) in [6.07, 6.45) is 1.94. The second kappa shape index (κ2) is 9.14. The number of aryl methyl sites for hydroxylation is 1. The summed E-state index contributed by atoms with van der Waals surface area (Å²) in [5.41, 5.74) is 3.15. The summed E-state index contributed by atoms with van der Waals surface area (Å²) in [5.74, 6) is 0.350. The van der Waals surface area contributed by atoms with Gasteiger partial charge in [0.2, 0.25) is 0 Å². The standard InChI is InChI=1S/C26H25N3O5S/c1-4-5-23-27-18(14-35-23)16-6-8-22-20(10-16)29(25(31)13-34-22)15(2)26(32)17-7-9-21-19(11-17)28(3)24(30)12-33-21/h6-11,14-15H,4-5,12-13H2,1-3H3. The van der Waals surface area contributed by atoms with Crippen LogP contribution in [0.15, 0.2) is 41.8 Å². The molecule has 3 aromatic rings. The predicted octanol–water partition coefficient (Wildman–Crippen LogP) is 4.11. The SMILES string of the molecule is CCCc1nc(-c2ccc3c(c2)N(C(C)C(=O)c2ccc4c(c2)N(C)C(=O)CO4)C(=O)CO3)cs1. The molecule has 0 fully saturated rings. The zero-order chi connectivity index (χ0) is 24.7. The number of ketones is 1. The summed E-state index contributed by atoms with van der Waals surface area (Å²) in [7, 11) is 1.65. The second-order valence-corrected chi connectivity index (χ2v) is 9.52. The van der Waals surface area contributed by atoms with Crippen LogP contribution in [0.25, 0.3) is 11.3 Å². The molecule has 0 saturated heterocycles. The van der Waals surface area contributed by atoms with Crippen molar-refractivity contribution in [1.29, 1.82) is 0 Å². The molecule has 0 aliphatic carbocycles. The van der Waals surface area contributed by atoms with E-state index < -0.39 is 6.04 Å². The highest BCUT2D eigenvalue weighted by molar-refractivity contribution is 7.09. The molecule has 0 bridgehead atoms. The molecular weight excluding hydrogens is 466 g/mol. The molecule has 0 spiro atoms. The number of aromatic nitrogens is 1. The number of anilines is 2. The average Bonchev–Trinajstić information content (AvgIpc) is 3.34. The smallest absolute Gasteiger partial charge is 0.265 e. The van der Waals surface area contributed by atoms with Gasteiger partial charge in [-0.15, -0.1) is 11.3 Å². The minimum absolute atomic E-state index is 0.0342. The number of carbonyl (C=O) groups is 3. The maximum absolute atomic E-state index is 13.5. The zero-order valence-electron chi connectivity index (χ0n) is 19.7. The van der Waals surface area contributed by atoms with Crippen molar-refractivity contribution in [3.63, 3.8) is 0 Å². The number of ether oxygens (including phenoxy) is 2. The Balaban J connectivity index is 1.47. The maximum Gasteiger partial charge on any atom is 0.265 e. The van der Waals surface area contributed by atoms with E-state index in [0.717, 1.165) is 29.1 Å². The van der Waals surface area contributed by atoms with E-state index in [0.29, 0.717) is 28.4 Å². The van der Waals surface area contributed by atoms with Gasteiger partial charge in [0.1, 0.15) is 11.5 Å². The van der Waals surface area contributed by atoms with E-state index in [1.54, 1.807) is 43.5 Å². The Morgan fingerprint density at radius 1 is 1.06 bits per heavy atom. The van der Waals surface area contributed by atoms with Crippen LogP contribution in [-0.4, -0.2) is 48.9 Å². The Kier molecular flexibility index (Phi) is 6.02. The highest BCUT2D eigenvalue weighted by Gasteiger charge is 2.34. The number of hydrogen-bond donors (Lipinski definition) is 0. The van der Waals surface area contributed by atoms with Gasteiger partial charge < -0.3 is 14.4 Å². The van der Waals surface area contributed by atoms with Crippen molar-refractivity contribution in [2.75, 3.05) is 30.1 Å². The van der Waals surface area contributed by atoms with E-state index in [9.17, 15) is 14.4 Å². The van der Waals surface area contributed by atoms with E-state index in [2.05, 4.69) is 6.92 Å². The number of hydrogen-bond acceptors (Lipinski definition) is 7. The average molecular weight is 492 g/mol. The van der Waals surface area contributed by atoms with Crippen molar-refractivity contribution in [2.45, 2.75) is 32.7 Å². The van der Waals surface area contributed by atoms with Crippen molar-refractivity contribution in [1.82, 2.24) is 4.98 Å². The molecule has 35 heavy (non-hydrogen) atoms. The quantitative estimate of drug-likeness (QED) is 0.482. The lowest BCUT2D eigenvalue weighted by Gasteiger charge is -2.34. The van der Waals surface area contributed by atoms with E-state index >= 15 is 0 Å². The molecule has 2 aromatic carbocycles. The summed E-state index contributed by atoms with van der Waals surface area (Å²) < 4.78 is 11.1. The fourth-order valence-electron chi connectivity index (χ4n) is 4.31. The van der Waals surface area contributed by atoms with E-state index in [1.807, 2.05) is 23.6 Å². The lowest BCUT2D eigenvalue weighted by Crippen LogP contribution is -2.48. The Bertz CT molecular complexity index is 1330. The van der Waals surface area contributed by atoms with Gasteiger partial charge in [0.15, 0.2) is 19.0 Å². The monoisotopic (exact) mass is 491 g/mol. The minimum Gasteiger partial charge on any atom is -0.482 e. The molecule has 2 aliphatic rings. The molecule has 3 heterocycles. The first-order valence-electron chi connectivity index (χ1n) is 11.5. The highest BCUT2D eigenvalue weighted by atomic mass is 32.1. The number of likely N-dealkylation sites (N-methyl/N-ethyl adjacent to an activating group) is 1. The van der Waals surface area contributed by atoms with Crippen molar-refractivity contribution in [3.8, 4) is 22.8 Å². The van der Waals surface area contributed by atoms with Gasteiger partial charge in [-0.1, -0.05) is 6.92 Å². The molecular formula is C26H25N3O5S. The van der Waals surface area contributed by atoms with Crippen LogP contribution in [0.1, 0.15) is 35.6 Å². The Morgan fingerprint density at radius 2 is 1.77 bits per heavy atom. The Hall–Kier alpha value is -3.72. The van der Waals surface area contributed by atoms with Gasteiger partial charge >= 0.3 is 0 Å². The molecule has 9 heteroatoms. The summed E-state index contributed by atoms with van der Waals surface area (Å²) in [6.45, 7) is 3.64. The molecule has 0 saturated carbocycles. The lowest BCUT2D eigenvalue weighted by molar-refractivity contribution is -0.122. The van der Waals surface area contributed by atoms with Crippen LogP contribution in [-0.2, 0) is 16.0 Å². The normalized spacial score (nSPS) is 15.7. The molecule has 1 atom stereocenters. The van der Waals surface area contributed by atoms with Crippen LogP contribution in [0.3, 0.4) is 0 Å². The largest absolute Gasteiger partial charge is 0.482 e. The van der Waals surface area contributed by atoms with Gasteiger partial charge in [0.25, 0.3) is 11.8 Å². The molecule has 0 N–H and O–H groups in total. The highest BCUT2D eigenvalue weighted by Crippen LogP contribution is 2.38. The number of amides is 2. The number of carbonyl (C=O) groups excluding carboxylic acids is 3. The summed E-state index contributed by atoms with van der Waals surface area (Å²) in [5, 5.41) is 3.07. The minimum atomic E-state index is -0.782. The van der Waals surface area contributed by atoms with Crippen molar-refractivity contribution < 1.29 is 23.9 Å². The summed E-state index contributed by atoms with van der Waals surface area (Å²) >= 11 is 1.61. The number of nitrogens with zero attached hydrogens (tertiary/aromatic N) is 3. The molecule has 2 amide bonds. The van der Waals surface area contributed by atoms with Crippen LogP contribution in [0, 0.1) is 0 Å². The molecule has 1 aromatic heterocycles. The third-order valence-electron chi connectivity index (χ3n) is 6.25. The maximum atomic E-state index is 13.5. The first-order valence-corrected chi connectivity index (χ1v) is 12.4. The number of fused-ring (bicyclic) bond motifs is 2. The predicted molar refractivity (Wildman–Crippen MR) is 134 cm³/mol. The molecule has 5 rings (SSSR count). The van der Waals surface area contributed by atoms with Gasteiger partial charge in [-0.3, -0.25) is 19.3 Å². The van der Waals surface area contributed by atoms with Gasteiger partial charge in [-0.05, 0) is 56.2 Å². The van der Waals surface area contributed by atoms with Crippen molar-refractivity contribution in [2.24, 2.45) is 0 Å². The first kappa shape index (κ1) is 23.0. The number of Topliss-reactive ketones (excluding diaryl/α,β-unsaturated/α-hetero) is 1. The zero-order valence-corrected chi connectivity index (χ0v) is 20.6. The van der Waals surface area contributed by atoms with Crippen LogP contribution in [0.4, 0.5) is 11.4 Å². The topological polar surface area (TPSA) is 89.0 Å². The van der Waals surface area contributed by atoms with Crippen LogP contribution < -0.4 is 19.3 Å². The fourth-order valence-corrected chi connectivity index (χ4v) is 5.22. The van der Waals surface area contributed by atoms with Gasteiger partial charge in [-0.25, -0.2) is 4.98 Å². The Morgan fingerprint density at radius 3 is 2.54 bits per heavy atom. The van der Waals surface area contributed by atoms with Gasteiger partial charge in [0.05, 0.1) is 28.1 Å². The number of rotatable bonds is 6. The van der Waals surface area contributed by atoms with Crippen molar-refractivity contribution in [3.05, 3.63) is 52.3 Å². The van der Waals surface area contributed by atoms with E-state index in [4.69, 9.17) is 14.5 Å². The first-order chi connectivity index (χ1) is 16.9. The third kappa shape index (κ3) is 4.16. The van der Waals surface area contributed by atoms with Crippen molar-refractivity contribution >= 4 is 40.3 Å². The summed E-state index contributed by atoms with van der Waals surface area (Å²) in [4.78, 5) is 46.2. The fraction of sp³-hybridized carbons (Fsp3) is 0.308. The lowest BCUT2D eigenvalue weighted by atomic mass is 10.0. The van der Waals surface area contributed by atoms with Crippen LogP contribution in [0.5, 0.6) is 11.5 Å². The number of thiazole rings is 1. The Labute approximate surface area is 207 Å². The van der Waals surface area contributed by atoms with Crippen LogP contribution in [0.2, 0.25) is 0 Å². The number of benzene rings is 2. The summed E-state index contributed by atoms with van der Waals surface area (Å²) in [6, 6.07) is 9.79. The molecule has 1 unspecified atom stereocenters. The molecule has 180 valence electrons. The molecule has 8 nitrogen and oxygen atoms in total. The van der Waals surface area contributed by atoms with Gasteiger partial charge in [0, 0.05) is 23.6 Å². The van der Waals surface area contributed by atoms with E-state index in [1.165, 1.54) is 9.80 Å².